The van der Waals surface area contributed by atoms with Crippen LogP contribution in [-0.4, -0.2) is 11.4 Å². The van der Waals surface area contributed by atoms with Gasteiger partial charge in [-0.3, -0.25) is 0 Å². The molecule has 0 aliphatic rings. The SMILES string of the molecule is Nc1cccc2ccc3ccbn3c12. The zero-order valence-corrected chi connectivity index (χ0v) is 7.64. The Labute approximate surface area is 82.2 Å². The molecule has 0 atom stereocenters. The first-order chi connectivity index (χ1) is 6.86. The zero-order valence-electron chi connectivity index (χ0n) is 7.64. The monoisotopic (exact) mass is 180 g/mol. The van der Waals surface area contributed by atoms with Gasteiger partial charge in [-0.05, 0) is 0 Å². The molecule has 2 N–H and O–H groups in total. The van der Waals surface area contributed by atoms with E-state index in [0.717, 1.165) is 11.2 Å². The molecule has 0 saturated carbocycles. The van der Waals surface area contributed by atoms with Crippen molar-refractivity contribution in [1.82, 2.24) is 4.31 Å². The molecule has 0 aliphatic heterocycles. The summed E-state index contributed by atoms with van der Waals surface area (Å²) in [7, 11) is 2.04. The van der Waals surface area contributed by atoms with E-state index < -0.39 is 0 Å². The van der Waals surface area contributed by atoms with Gasteiger partial charge in [-0.25, -0.2) is 0 Å². The Morgan fingerprint density at radius 1 is 1.07 bits per heavy atom. The summed E-state index contributed by atoms with van der Waals surface area (Å²) in [5.74, 6) is 2.03. The normalized spacial score (nSPS) is 10.9. The summed E-state index contributed by atoms with van der Waals surface area (Å²) in [6, 6.07) is 12.3. The molecule has 1 aromatic carbocycles. The molecule has 66 valence electrons. The van der Waals surface area contributed by atoms with Crippen LogP contribution in [0.3, 0.4) is 0 Å². The van der Waals surface area contributed by atoms with E-state index in [2.05, 4.69) is 28.6 Å². The summed E-state index contributed by atoms with van der Waals surface area (Å²) < 4.78 is 2.12. The van der Waals surface area contributed by atoms with Gasteiger partial charge in [0, 0.05) is 0 Å². The number of hydrogen-bond acceptors (Lipinski definition) is 1. The second kappa shape index (κ2) is 2.61. The van der Waals surface area contributed by atoms with Crippen LogP contribution in [-0.2, 0) is 0 Å². The Balaban J connectivity index is 2.67. The first kappa shape index (κ1) is 7.62. The van der Waals surface area contributed by atoms with Crippen LogP contribution < -0.4 is 5.73 Å². The second-order valence-corrected chi connectivity index (χ2v) is 3.42. The van der Waals surface area contributed by atoms with Crippen molar-refractivity contribution in [3.63, 3.8) is 0 Å². The molecule has 0 fully saturated rings. The van der Waals surface area contributed by atoms with Gasteiger partial charge in [0.15, 0.2) is 0 Å². The molecule has 0 unspecified atom stereocenters. The number of fused-ring (bicyclic) bond motifs is 3. The van der Waals surface area contributed by atoms with Crippen molar-refractivity contribution in [3.8, 4) is 0 Å². The second-order valence-electron chi connectivity index (χ2n) is 3.42. The minimum atomic E-state index is 0.823. The van der Waals surface area contributed by atoms with Crippen LogP contribution >= 0.6 is 0 Å². The predicted molar refractivity (Wildman–Crippen MR) is 60.7 cm³/mol. The van der Waals surface area contributed by atoms with Gasteiger partial charge >= 0.3 is 81.6 Å². The molecule has 0 amide bonds. The number of para-hydroxylation sites is 1. The van der Waals surface area contributed by atoms with E-state index in [1.165, 1.54) is 10.9 Å². The van der Waals surface area contributed by atoms with Gasteiger partial charge in [0.1, 0.15) is 0 Å². The fraction of sp³-hybridized carbons (Fsp3) is 0. The van der Waals surface area contributed by atoms with Gasteiger partial charge in [0.05, 0.1) is 0 Å². The molecule has 0 spiro atoms. The molecular weight excluding hydrogens is 171 g/mol. The molecule has 2 aromatic heterocycles. The average Bonchev–Trinajstić information content (AvgIpc) is 2.65. The Morgan fingerprint density at radius 2 is 2.00 bits per heavy atom. The summed E-state index contributed by atoms with van der Waals surface area (Å²) in [5.41, 5.74) is 9.05. The molecule has 0 saturated heterocycles. The molecule has 2 nitrogen and oxygen atoms in total. The quantitative estimate of drug-likeness (QED) is 0.527. The van der Waals surface area contributed by atoms with Crippen molar-refractivity contribution in [1.29, 1.82) is 0 Å². The number of aromatic nitrogens is 1. The van der Waals surface area contributed by atoms with Crippen LogP contribution in [0.1, 0.15) is 0 Å². The number of hydrogen-bond donors (Lipinski definition) is 1. The van der Waals surface area contributed by atoms with E-state index >= 15 is 0 Å². The van der Waals surface area contributed by atoms with Crippen molar-refractivity contribution in [2.24, 2.45) is 0 Å². The van der Waals surface area contributed by atoms with E-state index in [4.69, 9.17) is 5.73 Å². The number of rotatable bonds is 0. The van der Waals surface area contributed by atoms with Gasteiger partial charge in [0.2, 0.25) is 0 Å². The van der Waals surface area contributed by atoms with E-state index in [9.17, 15) is 0 Å². The van der Waals surface area contributed by atoms with Crippen LogP contribution in [0.4, 0.5) is 5.69 Å². The van der Waals surface area contributed by atoms with E-state index in [1.54, 1.807) is 0 Å². The first-order valence-electron chi connectivity index (χ1n) is 4.60. The third-order valence-electron chi connectivity index (χ3n) is 2.55. The molecule has 3 rings (SSSR count). The third kappa shape index (κ3) is 0.895. The van der Waals surface area contributed by atoms with Gasteiger partial charge in [-0.2, -0.15) is 0 Å². The van der Waals surface area contributed by atoms with E-state index in [0.29, 0.717) is 0 Å². The molecule has 0 radical (unpaired) electrons. The van der Waals surface area contributed by atoms with Gasteiger partial charge in [-0.15, -0.1) is 0 Å². The fourth-order valence-corrected chi connectivity index (χ4v) is 1.90. The Hall–Kier alpha value is -1.77. The molecule has 14 heavy (non-hydrogen) atoms. The first-order valence-corrected chi connectivity index (χ1v) is 4.60. The van der Waals surface area contributed by atoms with Crippen LogP contribution in [0, 0.1) is 0 Å². The number of nitrogens with zero attached hydrogens (tertiary/aromatic N) is 1. The van der Waals surface area contributed by atoms with Crippen LogP contribution in [0.2, 0.25) is 0 Å². The Bertz CT molecular complexity index is 613. The minimum absolute atomic E-state index is 0.823. The maximum absolute atomic E-state index is 5.96. The number of anilines is 1. The molecule has 3 heteroatoms. The van der Waals surface area contributed by atoms with E-state index in [1.807, 2.05) is 25.1 Å². The van der Waals surface area contributed by atoms with Crippen LogP contribution in [0.15, 0.2) is 42.4 Å². The van der Waals surface area contributed by atoms with Crippen LogP contribution in [0.5, 0.6) is 0 Å². The fourth-order valence-electron chi connectivity index (χ4n) is 1.90. The Morgan fingerprint density at radius 3 is 2.93 bits per heavy atom. The third-order valence-corrected chi connectivity index (χ3v) is 2.55. The van der Waals surface area contributed by atoms with Crippen molar-refractivity contribution < 1.29 is 0 Å². The summed E-state index contributed by atoms with van der Waals surface area (Å²) in [4.78, 5) is 0. The van der Waals surface area contributed by atoms with Crippen LogP contribution in [0.25, 0.3) is 16.4 Å². The summed E-state index contributed by atoms with van der Waals surface area (Å²) in [5, 5.41) is 1.17. The number of nitrogens with two attached hydrogens (primary N) is 1. The topological polar surface area (TPSA) is 30.4 Å². The van der Waals surface area contributed by atoms with Crippen molar-refractivity contribution in [3.05, 3.63) is 42.4 Å². The molecule has 0 bridgehead atoms. The van der Waals surface area contributed by atoms with Crippen molar-refractivity contribution in [2.75, 3.05) is 5.73 Å². The predicted octanol–water partition coefficient (Wildman–Crippen LogP) is 2.01. The number of pyridine rings is 1. The molecular formula is C11H9BN2. The average molecular weight is 180 g/mol. The van der Waals surface area contributed by atoms with Crippen molar-refractivity contribution in [2.45, 2.75) is 0 Å². The van der Waals surface area contributed by atoms with Gasteiger partial charge < -0.3 is 0 Å². The van der Waals surface area contributed by atoms with E-state index in [-0.39, 0.29) is 0 Å². The summed E-state index contributed by atoms with van der Waals surface area (Å²) >= 11 is 0. The summed E-state index contributed by atoms with van der Waals surface area (Å²) in [6.45, 7) is 0. The van der Waals surface area contributed by atoms with Gasteiger partial charge in [-0.1, -0.05) is 0 Å². The number of nitrogen functional groups attached to an aromatic ring is 1. The zero-order chi connectivity index (χ0) is 9.54. The Kier molecular flexibility index (Phi) is 1.42. The molecule has 2 heterocycles. The van der Waals surface area contributed by atoms with Crippen molar-refractivity contribution >= 4 is 29.2 Å². The standard InChI is InChI=1S/C11H9BN2/c13-10-3-1-2-8-4-5-9-6-7-12-14(9)11(8)10/h1-7H,13H2. The van der Waals surface area contributed by atoms with Gasteiger partial charge in [0.25, 0.3) is 0 Å². The maximum atomic E-state index is 5.96. The molecule has 3 aromatic rings. The number of benzene rings is 1. The molecule has 0 aliphatic carbocycles. The summed E-state index contributed by atoms with van der Waals surface area (Å²) in [6.07, 6.45) is 0.